The van der Waals surface area contributed by atoms with Gasteiger partial charge in [0.2, 0.25) is 12.7 Å². The van der Waals surface area contributed by atoms with Crippen LogP contribution in [0.2, 0.25) is 0 Å². The summed E-state index contributed by atoms with van der Waals surface area (Å²) in [5.74, 6) is 2.87. The average molecular weight is 490 g/mol. The van der Waals surface area contributed by atoms with E-state index < -0.39 is 0 Å². The monoisotopic (exact) mass is 489 g/mol. The third kappa shape index (κ3) is 3.17. The van der Waals surface area contributed by atoms with E-state index in [0.29, 0.717) is 12.5 Å². The molecule has 2 fully saturated rings. The van der Waals surface area contributed by atoms with Crippen LogP contribution in [0.4, 0.5) is 0 Å². The minimum absolute atomic E-state index is 0.0135. The number of aliphatic hydroxyl groups is 1. The number of aryl methyl sites for hydroxylation is 1. The van der Waals surface area contributed by atoms with Crippen molar-refractivity contribution in [1.82, 2.24) is 14.4 Å². The molecule has 1 spiro atoms. The van der Waals surface area contributed by atoms with Crippen molar-refractivity contribution in [3.63, 3.8) is 0 Å². The Morgan fingerprint density at radius 2 is 1.92 bits per heavy atom. The van der Waals surface area contributed by atoms with Gasteiger partial charge in [-0.05, 0) is 48.2 Å². The van der Waals surface area contributed by atoms with E-state index in [1.54, 1.807) is 7.11 Å². The second kappa shape index (κ2) is 7.88. The zero-order valence-electron chi connectivity index (χ0n) is 20.7. The third-order valence-electron chi connectivity index (χ3n) is 8.47. The molecule has 1 aliphatic carbocycles. The number of aromatic nitrogens is 1. The zero-order valence-corrected chi connectivity index (χ0v) is 20.7. The van der Waals surface area contributed by atoms with Gasteiger partial charge < -0.3 is 28.8 Å². The van der Waals surface area contributed by atoms with Crippen LogP contribution in [0.5, 0.6) is 17.2 Å². The highest BCUT2D eigenvalue weighted by Crippen LogP contribution is 2.51. The molecule has 0 bridgehead atoms. The lowest BCUT2D eigenvalue weighted by molar-refractivity contribution is -0.142. The quantitative estimate of drug-likeness (QED) is 0.594. The molecule has 0 radical (unpaired) electrons. The van der Waals surface area contributed by atoms with Gasteiger partial charge in [-0.1, -0.05) is 6.07 Å². The van der Waals surface area contributed by atoms with E-state index in [2.05, 4.69) is 34.7 Å². The van der Waals surface area contributed by atoms with E-state index >= 15 is 0 Å². The fraction of sp³-hybridized carbons (Fsp3) is 0.464. The molecule has 1 atom stereocenters. The minimum Gasteiger partial charge on any atom is -0.497 e. The van der Waals surface area contributed by atoms with Crippen molar-refractivity contribution in [3.05, 3.63) is 53.2 Å². The van der Waals surface area contributed by atoms with Crippen molar-refractivity contribution in [2.75, 3.05) is 40.1 Å². The van der Waals surface area contributed by atoms with Crippen LogP contribution in [0.3, 0.4) is 0 Å². The Hall–Kier alpha value is -3.23. The average Bonchev–Trinajstić information content (AvgIpc) is 3.55. The van der Waals surface area contributed by atoms with Crippen molar-refractivity contribution in [1.29, 1.82) is 0 Å². The van der Waals surface area contributed by atoms with Crippen LogP contribution in [0, 0.1) is 5.92 Å². The summed E-state index contributed by atoms with van der Waals surface area (Å²) in [5.41, 5.74) is 4.45. The number of hydrogen-bond donors (Lipinski definition) is 1. The van der Waals surface area contributed by atoms with Gasteiger partial charge in [0.05, 0.1) is 25.3 Å². The number of methoxy groups -OCH3 is 1. The lowest BCUT2D eigenvalue weighted by Crippen LogP contribution is -2.67. The lowest BCUT2D eigenvalue weighted by Gasteiger charge is -2.56. The Kier molecular flexibility index (Phi) is 4.82. The fourth-order valence-corrected chi connectivity index (χ4v) is 6.59. The molecule has 8 heteroatoms. The number of carbonyl (C=O) groups is 1. The maximum absolute atomic E-state index is 12.9. The van der Waals surface area contributed by atoms with Crippen LogP contribution >= 0.6 is 0 Å². The summed E-state index contributed by atoms with van der Waals surface area (Å²) >= 11 is 0. The topological polar surface area (TPSA) is 76.4 Å². The number of fused-ring (bicyclic) bond motifs is 5. The minimum atomic E-state index is -0.171. The van der Waals surface area contributed by atoms with Crippen molar-refractivity contribution in [2.24, 2.45) is 13.0 Å². The number of amides is 1. The predicted octanol–water partition coefficient (Wildman–Crippen LogP) is 2.95. The standard InChI is InChI=1S/C28H31N3O5/c1-29-21-10-19(34-2)6-7-20(21)25-26(29)22(12-32)30(11-17-3-8-23-24(9-17)36-16-35-23)13-28(25)14-31(15-28)27(33)18-4-5-18/h3,6-10,18,22,32H,4-5,11-16H2,1-2H3/t22-/m1/s1. The van der Waals surface area contributed by atoms with Crippen molar-refractivity contribution >= 4 is 16.8 Å². The number of nitrogens with zero attached hydrogens (tertiary/aromatic N) is 3. The number of aliphatic hydroxyl groups excluding tert-OH is 1. The largest absolute Gasteiger partial charge is 0.497 e. The molecule has 1 amide bonds. The van der Waals surface area contributed by atoms with Gasteiger partial charge in [0, 0.05) is 61.7 Å². The number of ether oxygens (including phenoxy) is 3. The summed E-state index contributed by atoms with van der Waals surface area (Å²) in [6, 6.07) is 12.1. The highest BCUT2D eigenvalue weighted by molar-refractivity contribution is 5.90. The van der Waals surface area contributed by atoms with Crippen molar-refractivity contribution in [2.45, 2.75) is 30.8 Å². The lowest BCUT2D eigenvalue weighted by atomic mass is 9.68. The number of benzene rings is 2. The second-order valence-corrected chi connectivity index (χ2v) is 10.7. The smallest absolute Gasteiger partial charge is 0.231 e. The first-order valence-electron chi connectivity index (χ1n) is 12.7. The van der Waals surface area contributed by atoms with Gasteiger partial charge in [-0.2, -0.15) is 0 Å². The molecule has 4 heterocycles. The first-order chi connectivity index (χ1) is 17.5. The molecule has 3 aliphatic heterocycles. The molecule has 1 aromatic heterocycles. The summed E-state index contributed by atoms with van der Waals surface area (Å²) in [6.45, 7) is 3.15. The highest BCUT2D eigenvalue weighted by Gasteiger charge is 2.55. The summed E-state index contributed by atoms with van der Waals surface area (Å²) in [5, 5.41) is 11.9. The van der Waals surface area contributed by atoms with Crippen LogP contribution in [-0.2, 0) is 23.8 Å². The van der Waals surface area contributed by atoms with E-state index in [9.17, 15) is 9.90 Å². The Labute approximate surface area is 209 Å². The number of rotatable bonds is 5. The molecule has 7 rings (SSSR count). The molecule has 36 heavy (non-hydrogen) atoms. The predicted molar refractivity (Wildman–Crippen MR) is 133 cm³/mol. The Morgan fingerprint density at radius 3 is 2.67 bits per heavy atom. The molecule has 8 nitrogen and oxygen atoms in total. The Balaban J connectivity index is 1.32. The van der Waals surface area contributed by atoms with Gasteiger partial charge in [-0.25, -0.2) is 0 Å². The molecule has 1 saturated carbocycles. The zero-order chi connectivity index (χ0) is 24.6. The van der Waals surface area contributed by atoms with E-state index in [0.717, 1.165) is 66.5 Å². The molecule has 1 saturated heterocycles. The molecular formula is C28H31N3O5. The van der Waals surface area contributed by atoms with Crippen LogP contribution in [0.25, 0.3) is 10.9 Å². The van der Waals surface area contributed by atoms with Gasteiger partial charge >= 0.3 is 0 Å². The molecule has 1 N–H and O–H groups in total. The molecule has 4 aliphatic rings. The second-order valence-electron chi connectivity index (χ2n) is 10.7. The van der Waals surface area contributed by atoms with E-state index in [4.69, 9.17) is 14.2 Å². The number of likely N-dealkylation sites (tertiary alicyclic amines) is 1. The summed E-state index contributed by atoms with van der Waals surface area (Å²) in [6.07, 6.45) is 2.04. The van der Waals surface area contributed by atoms with E-state index in [1.165, 1.54) is 10.9 Å². The molecule has 2 aromatic carbocycles. The van der Waals surface area contributed by atoms with Crippen LogP contribution in [0.15, 0.2) is 36.4 Å². The summed E-state index contributed by atoms with van der Waals surface area (Å²) in [4.78, 5) is 17.3. The van der Waals surface area contributed by atoms with Gasteiger partial charge in [-0.15, -0.1) is 0 Å². The van der Waals surface area contributed by atoms with Gasteiger partial charge in [-0.3, -0.25) is 9.69 Å². The van der Waals surface area contributed by atoms with Gasteiger partial charge in [0.1, 0.15) is 5.75 Å². The number of hydrogen-bond acceptors (Lipinski definition) is 6. The maximum Gasteiger partial charge on any atom is 0.231 e. The Bertz CT molecular complexity index is 1370. The number of carbonyl (C=O) groups excluding carboxylic acids is 1. The van der Waals surface area contributed by atoms with Gasteiger partial charge in [0.15, 0.2) is 11.5 Å². The molecule has 188 valence electrons. The maximum atomic E-state index is 12.9. The molecule has 3 aromatic rings. The third-order valence-corrected chi connectivity index (χ3v) is 8.47. The van der Waals surface area contributed by atoms with Crippen molar-refractivity contribution < 1.29 is 24.1 Å². The van der Waals surface area contributed by atoms with Crippen LogP contribution < -0.4 is 14.2 Å². The fourth-order valence-electron chi connectivity index (χ4n) is 6.59. The van der Waals surface area contributed by atoms with Crippen LogP contribution in [0.1, 0.15) is 35.7 Å². The van der Waals surface area contributed by atoms with E-state index in [1.807, 2.05) is 23.1 Å². The Morgan fingerprint density at radius 1 is 1.11 bits per heavy atom. The van der Waals surface area contributed by atoms with Crippen molar-refractivity contribution in [3.8, 4) is 17.2 Å². The van der Waals surface area contributed by atoms with Crippen LogP contribution in [-0.4, -0.2) is 65.5 Å². The SMILES string of the molecule is COc1ccc2c3c(n(C)c2c1)[C@@H](CO)N(Cc1ccc2c(c1)OCO2)CC31CN(C(=O)C2CC2)C1. The molecular weight excluding hydrogens is 458 g/mol. The highest BCUT2D eigenvalue weighted by atomic mass is 16.7. The molecule has 0 unspecified atom stereocenters. The normalized spacial score (nSPS) is 22.1. The summed E-state index contributed by atoms with van der Waals surface area (Å²) in [7, 11) is 3.76. The summed E-state index contributed by atoms with van der Waals surface area (Å²) < 4.78 is 18.8. The first kappa shape index (κ1) is 22.0. The van der Waals surface area contributed by atoms with E-state index in [-0.39, 0.29) is 30.8 Å². The first-order valence-corrected chi connectivity index (χ1v) is 12.7. The van der Waals surface area contributed by atoms with Gasteiger partial charge in [0.25, 0.3) is 0 Å².